The van der Waals surface area contributed by atoms with Crippen molar-refractivity contribution in [3.05, 3.63) is 29.6 Å². The first kappa shape index (κ1) is 15.9. The number of amides is 2. The Bertz CT molecular complexity index is 529. The fourth-order valence-corrected chi connectivity index (χ4v) is 1.51. The Labute approximate surface area is 117 Å². The van der Waals surface area contributed by atoms with Gasteiger partial charge in [-0.2, -0.15) is 0 Å². The molecule has 2 N–H and O–H groups in total. The maximum Gasteiger partial charge on any atom is 0.337 e. The lowest BCUT2D eigenvalue weighted by atomic mass is 10.0. The van der Waals surface area contributed by atoms with Crippen molar-refractivity contribution in [2.75, 3.05) is 12.4 Å². The van der Waals surface area contributed by atoms with Gasteiger partial charge in [-0.25, -0.2) is 14.0 Å². The maximum absolute atomic E-state index is 13.1. The number of rotatable bonds is 4. The number of benzene rings is 1. The second-order valence-corrected chi connectivity index (χ2v) is 5.15. The van der Waals surface area contributed by atoms with Crippen molar-refractivity contribution >= 4 is 17.7 Å². The zero-order valence-electron chi connectivity index (χ0n) is 12.0. The Morgan fingerprint density at radius 2 is 2.00 bits per heavy atom. The fourth-order valence-electron chi connectivity index (χ4n) is 1.51. The molecule has 0 aliphatic carbocycles. The molecular formula is C14H19FN2O3. The van der Waals surface area contributed by atoms with E-state index in [2.05, 4.69) is 5.32 Å². The molecule has 0 fully saturated rings. The highest BCUT2D eigenvalue weighted by Crippen LogP contribution is 2.21. The summed E-state index contributed by atoms with van der Waals surface area (Å²) in [5.74, 6) is -1.96. The highest BCUT2D eigenvalue weighted by molar-refractivity contribution is 6.00. The smallest absolute Gasteiger partial charge is 0.337 e. The fraction of sp³-hybridized carbons (Fsp3) is 0.429. The summed E-state index contributed by atoms with van der Waals surface area (Å²) in [4.78, 5) is 24.6. The number of carboxylic acid groups (broad SMARTS) is 1. The molecule has 0 unspecified atom stereocenters. The lowest BCUT2D eigenvalue weighted by Crippen LogP contribution is -2.46. The number of urea groups is 1. The van der Waals surface area contributed by atoms with Crippen LogP contribution < -0.4 is 5.32 Å². The molecule has 0 radical (unpaired) electrons. The van der Waals surface area contributed by atoms with Gasteiger partial charge in [-0.05, 0) is 38.5 Å². The monoisotopic (exact) mass is 282 g/mol. The number of hydrogen-bond donors (Lipinski definition) is 2. The molecule has 0 saturated carbocycles. The summed E-state index contributed by atoms with van der Waals surface area (Å²) >= 11 is 0. The van der Waals surface area contributed by atoms with E-state index < -0.39 is 17.8 Å². The number of carbonyl (C=O) groups excluding carboxylic acids is 1. The van der Waals surface area contributed by atoms with Gasteiger partial charge in [0, 0.05) is 12.6 Å². The number of anilines is 1. The van der Waals surface area contributed by atoms with Crippen molar-refractivity contribution in [2.45, 2.75) is 32.7 Å². The summed E-state index contributed by atoms with van der Waals surface area (Å²) in [7, 11) is 1.63. The summed E-state index contributed by atoms with van der Waals surface area (Å²) < 4.78 is 13.1. The molecular weight excluding hydrogens is 263 g/mol. The molecule has 0 aromatic heterocycles. The number of halogens is 1. The molecule has 1 aromatic carbocycles. The van der Waals surface area contributed by atoms with E-state index >= 15 is 0 Å². The number of nitrogens with one attached hydrogen (secondary N) is 1. The van der Waals surface area contributed by atoms with Gasteiger partial charge in [-0.3, -0.25) is 0 Å². The van der Waals surface area contributed by atoms with E-state index in [4.69, 9.17) is 5.11 Å². The molecule has 20 heavy (non-hydrogen) atoms. The molecule has 1 aromatic rings. The molecule has 0 heterocycles. The van der Waals surface area contributed by atoms with Crippen LogP contribution in [-0.4, -0.2) is 34.6 Å². The molecule has 110 valence electrons. The average molecular weight is 282 g/mol. The van der Waals surface area contributed by atoms with Gasteiger partial charge in [0.25, 0.3) is 0 Å². The SMILES string of the molecule is CCC(C)(C)N(C)C(=O)Nc1ccc(F)cc1C(=O)O. The van der Waals surface area contributed by atoms with E-state index in [9.17, 15) is 14.0 Å². The van der Waals surface area contributed by atoms with Crippen LogP contribution in [0.2, 0.25) is 0 Å². The molecule has 0 aliphatic heterocycles. The van der Waals surface area contributed by atoms with Crippen LogP contribution in [0.5, 0.6) is 0 Å². The van der Waals surface area contributed by atoms with Gasteiger partial charge >= 0.3 is 12.0 Å². The third kappa shape index (κ3) is 3.46. The Morgan fingerprint density at radius 1 is 1.40 bits per heavy atom. The predicted molar refractivity (Wildman–Crippen MR) is 74.5 cm³/mol. The van der Waals surface area contributed by atoms with Crippen molar-refractivity contribution in [3.8, 4) is 0 Å². The standard InChI is InChI=1S/C14H19FN2O3/c1-5-14(2,3)17(4)13(20)16-11-7-6-9(15)8-10(11)12(18)19/h6-8H,5H2,1-4H3,(H,16,20)(H,18,19). The Hall–Kier alpha value is -2.11. The van der Waals surface area contributed by atoms with Gasteiger partial charge in [0.15, 0.2) is 0 Å². The van der Waals surface area contributed by atoms with Crippen LogP contribution in [0, 0.1) is 5.82 Å². The van der Waals surface area contributed by atoms with Gasteiger partial charge < -0.3 is 15.3 Å². The molecule has 0 atom stereocenters. The molecule has 0 aliphatic rings. The van der Waals surface area contributed by atoms with Crippen molar-refractivity contribution in [1.82, 2.24) is 4.90 Å². The van der Waals surface area contributed by atoms with E-state index in [0.29, 0.717) is 0 Å². The minimum absolute atomic E-state index is 0.0719. The summed E-state index contributed by atoms with van der Waals surface area (Å²) in [5.41, 5.74) is -0.572. The summed E-state index contributed by atoms with van der Waals surface area (Å²) in [6.45, 7) is 5.75. The maximum atomic E-state index is 13.1. The van der Waals surface area contributed by atoms with E-state index in [1.54, 1.807) is 7.05 Å². The second-order valence-electron chi connectivity index (χ2n) is 5.15. The number of carboxylic acids is 1. The topological polar surface area (TPSA) is 69.6 Å². The van der Waals surface area contributed by atoms with Crippen LogP contribution in [-0.2, 0) is 0 Å². The number of nitrogens with zero attached hydrogens (tertiary/aromatic N) is 1. The van der Waals surface area contributed by atoms with E-state index in [0.717, 1.165) is 18.6 Å². The lowest BCUT2D eigenvalue weighted by molar-refractivity contribution is 0.0697. The van der Waals surface area contributed by atoms with Crippen LogP contribution in [0.15, 0.2) is 18.2 Å². The van der Waals surface area contributed by atoms with Crippen LogP contribution in [0.25, 0.3) is 0 Å². The molecule has 0 bridgehead atoms. The largest absolute Gasteiger partial charge is 0.478 e. The first-order valence-electron chi connectivity index (χ1n) is 6.26. The number of hydrogen-bond acceptors (Lipinski definition) is 2. The summed E-state index contributed by atoms with van der Waals surface area (Å²) in [5, 5.41) is 11.5. The highest BCUT2D eigenvalue weighted by atomic mass is 19.1. The first-order valence-corrected chi connectivity index (χ1v) is 6.26. The first-order chi connectivity index (χ1) is 9.19. The second kappa shape index (κ2) is 5.90. The molecule has 2 amide bonds. The van der Waals surface area contributed by atoms with Crippen LogP contribution >= 0.6 is 0 Å². The summed E-state index contributed by atoms with van der Waals surface area (Å²) in [6, 6.07) is 2.78. The van der Waals surface area contributed by atoms with Crippen LogP contribution in [0.1, 0.15) is 37.6 Å². The molecule has 0 spiro atoms. The van der Waals surface area contributed by atoms with Crippen molar-refractivity contribution in [2.24, 2.45) is 0 Å². The van der Waals surface area contributed by atoms with E-state index in [1.165, 1.54) is 11.0 Å². The average Bonchev–Trinajstić information content (AvgIpc) is 2.39. The van der Waals surface area contributed by atoms with Gasteiger partial charge in [-0.1, -0.05) is 6.92 Å². The molecule has 0 saturated heterocycles. The van der Waals surface area contributed by atoms with Crippen LogP contribution in [0.4, 0.5) is 14.9 Å². The Balaban J connectivity index is 3.00. The minimum atomic E-state index is -1.29. The third-order valence-electron chi connectivity index (χ3n) is 3.53. The normalized spacial score (nSPS) is 11.1. The third-order valence-corrected chi connectivity index (χ3v) is 3.53. The van der Waals surface area contributed by atoms with Gasteiger partial charge in [0.2, 0.25) is 0 Å². The number of carbonyl (C=O) groups is 2. The molecule has 6 heteroatoms. The minimum Gasteiger partial charge on any atom is -0.478 e. The van der Waals surface area contributed by atoms with Gasteiger partial charge in [0.1, 0.15) is 5.82 Å². The highest BCUT2D eigenvalue weighted by Gasteiger charge is 2.26. The van der Waals surface area contributed by atoms with Crippen LogP contribution in [0.3, 0.4) is 0 Å². The predicted octanol–water partition coefficient (Wildman–Crippen LogP) is 3.18. The van der Waals surface area contributed by atoms with Crippen molar-refractivity contribution in [3.63, 3.8) is 0 Å². The Kier molecular flexibility index (Phi) is 4.70. The van der Waals surface area contributed by atoms with Gasteiger partial charge in [0.05, 0.1) is 11.3 Å². The summed E-state index contributed by atoms with van der Waals surface area (Å²) in [6.07, 6.45) is 0.742. The zero-order chi connectivity index (χ0) is 15.5. The Morgan fingerprint density at radius 3 is 2.50 bits per heavy atom. The molecule has 1 rings (SSSR count). The van der Waals surface area contributed by atoms with E-state index in [1.807, 2.05) is 20.8 Å². The molecule has 5 nitrogen and oxygen atoms in total. The van der Waals surface area contributed by atoms with Crippen molar-refractivity contribution in [1.29, 1.82) is 0 Å². The van der Waals surface area contributed by atoms with E-state index in [-0.39, 0.29) is 16.8 Å². The zero-order valence-corrected chi connectivity index (χ0v) is 12.0. The van der Waals surface area contributed by atoms with Crippen molar-refractivity contribution < 1.29 is 19.1 Å². The quantitative estimate of drug-likeness (QED) is 0.891. The lowest BCUT2D eigenvalue weighted by Gasteiger charge is -2.34. The van der Waals surface area contributed by atoms with Gasteiger partial charge in [-0.15, -0.1) is 0 Å². The number of aromatic carboxylic acids is 1.